The molecule has 0 saturated carbocycles. The van der Waals surface area contributed by atoms with Gasteiger partial charge in [-0.05, 0) is 29.8 Å². The highest BCUT2D eigenvalue weighted by Gasteiger charge is 2.44. The molecule has 0 aliphatic carbocycles. The summed E-state index contributed by atoms with van der Waals surface area (Å²) in [6, 6.07) is 11.1. The molecule has 1 aliphatic heterocycles. The molecule has 27 heavy (non-hydrogen) atoms. The van der Waals surface area contributed by atoms with Crippen LogP contribution in [-0.4, -0.2) is 40.8 Å². The summed E-state index contributed by atoms with van der Waals surface area (Å²) in [6.07, 6.45) is 0. The number of Topliss-reactive ketones (excluding diaryl/α,β-unsaturated/α-hetero) is 1. The van der Waals surface area contributed by atoms with E-state index in [0.717, 1.165) is 4.90 Å². The number of ketones is 1. The quantitative estimate of drug-likeness (QED) is 0.292. The van der Waals surface area contributed by atoms with Gasteiger partial charge in [0.15, 0.2) is 0 Å². The van der Waals surface area contributed by atoms with E-state index in [1.165, 1.54) is 32.4 Å². The van der Waals surface area contributed by atoms with Crippen LogP contribution in [-0.2, 0) is 9.59 Å². The van der Waals surface area contributed by atoms with Crippen molar-refractivity contribution in [3.63, 3.8) is 0 Å². The second-order valence-corrected chi connectivity index (χ2v) is 5.99. The fourth-order valence-electron chi connectivity index (χ4n) is 3.05. The fraction of sp³-hybridized carbons (Fsp3) is 0.158. The summed E-state index contributed by atoms with van der Waals surface area (Å²) in [7, 11) is 2.91. The summed E-state index contributed by atoms with van der Waals surface area (Å²) < 4.78 is 5.06. The van der Waals surface area contributed by atoms with Crippen molar-refractivity contribution >= 4 is 23.1 Å². The molecule has 8 nitrogen and oxygen atoms in total. The number of nitro groups is 1. The summed E-state index contributed by atoms with van der Waals surface area (Å²) in [5.74, 6) is -1.42. The van der Waals surface area contributed by atoms with Gasteiger partial charge in [0.2, 0.25) is 0 Å². The molecule has 1 atom stereocenters. The zero-order valence-corrected chi connectivity index (χ0v) is 14.6. The molecule has 3 rings (SSSR count). The largest absolute Gasteiger partial charge is 0.507 e. The lowest BCUT2D eigenvalue weighted by Gasteiger charge is -2.20. The molecule has 1 heterocycles. The standard InChI is InChI=1S/C19H16N2O6/c1-20-16(12-4-3-5-13(10-12)21(25)26)15(18(23)19(20)24)17(22)11-6-8-14(27-2)9-7-11/h3-10,16,22H,1-2H3/t16-/m1/s1. The number of hydrogen-bond acceptors (Lipinski definition) is 6. The van der Waals surface area contributed by atoms with Crippen molar-refractivity contribution in [1.29, 1.82) is 0 Å². The van der Waals surface area contributed by atoms with Crippen LogP contribution in [0.5, 0.6) is 5.75 Å². The number of rotatable bonds is 4. The number of aliphatic hydroxyl groups is 1. The second-order valence-electron chi connectivity index (χ2n) is 5.99. The van der Waals surface area contributed by atoms with Gasteiger partial charge in [-0.25, -0.2) is 0 Å². The number of ether oxygens (including phenoxy) is 1. The minimum Gasteiger partial charge on any atom is -0.507 e. The molecular formula is C19H16N2O6. The van der Waals surface area contributed by atoms with Crippen LogP contribution >= 0.6 is 0 Å². The van der Waals surface area contributed by atoms with E-state index in [-0.39, 0.29) is 17.0 Å². The van der Waals surface area contributed by atoms with Gasteiger partial charge in [-0.1, -0.05) is 12.1 Å². The molecule has 138 valence electrons. The van der Waals surface area contributed by atoms with Crippen LogP contribution in [0, 0.1) is 10.1 Å². The monoisotopic (exact) mass is 368 g/mol. The fourth-order valence-corrected chi connectivity index (χ4v) is 3.05. The van der Waals surface area contributed by atoms with Crippen LogP contribution in [0.1, 0.15) is 17.2 Å². The normalized spacial score (nSPS) is 18.6. The second kappa shape index (κ2) is 6.91. The Morgan fingerprint density at radius 2 is 1.85 bits per heavy atom. The summed E-state index contributed by atoms with van der Waals surface area (Å²) in [6.45, 7) is 0. The maximum Gasteiger partial charge on any atom is 0.295 e. The van der Waals surface area contributed by atoms with Gasteiger partial charge in [-0.2, -0.15) is 0 Å². The first-order valence-corrected chi connectivity index (χ1v) is 7.98. The van der Waals surface area contributed by atoms with Gasteiger partial charge in [0, 0.05) is 24.7 Å². The molecule has 0 radical (unpaired) electrons. The van der Waals surface area contributed by atoms with E-state index >= 15 is 0 Å². The predicted molar refractivity (Wildman–Crippen MR) is 96.2 cm³/mol. The predicted octanol–water partition coefficient (Wildman–Crippen LogP) is 2.65. The van der Waals surface area contributed by atoms with Crippen molar-refractivity contribution in [2.24, 2.45) is 0 Å². The van der Waals surface area contributed by atoms with E-state index in [1.54, 1.807) is 30.3 Å². The number of hydrogen-bond donors (Lipinski definition) is 1. The molecule has 0 spiro atoms. The van der Waals surface area contributed by atoms with Crippen LogP contribution in [0.25, 0.3) is 5.76 Å². The molecule has 2 aromatic rings. The molecule has 0 unspecified atom stereocenters. The number of carbonyl (C=O) groups is 2. The van der Waals surface area contributed by atoms with Gasteiger partial charge < -0.3 is 14.7 Å². The lowest BCUT2D eigenvalue weighted by Crippen LogP contribution is -2.24. The average Bonchev–Trinajstić information content (AvgIpc) is 2.91. The zero-order chi connectivity index (χ0) is 19.7. The van der Waals surface area contributed by atoms with E-state index in [1.807, 2.05) is 0 Å². The van der Waals surface area contributed by atoms with E-state index < -0.39 is 22.7 Å². The summed E-state index contributed by atoms with van der Waals surface area (Å²) >= 11 is 0. The highest BCUT2D eigenvalue weighted by molar-refractivity contribution is 6.46. The van der Waals surface area contributed by atoms with Gasteiger partial charge in [-0.15, -0.1) is 0 Å². The summed E-state index contributed by atoms with van der Waals surface area (Å²) in [4.78, 5) is 36.4. The first kappa shape index (κ1) is 18.1. The number of nitro benzene ring substituents is 1. The number of likely N-dealkylation sites (tertiary alicyclic amines) is 1. The van der Waals surface area contributed by atoms with Crippen LogP contribution < -0.4 is 4.74 Å². The van der Waals surface area contributed by atoms with Crippen molar-refractivity contribution in [1.82, 2.24) is 4.90 Å². The van der Waals surface area contributed by atoms with Crippen molar-refractivity contribution < 1.29 is 24.4 Å². The number of non-ortho nitro benzene ring substituents is 1. The summed E-state index contributed by atoms with van der Waals surface area (Å²) in [5, 5.41) is 21.8. The average molecular weight is 368 g/mol. The van der Waals surface area contributed by atoms with Crippen molar-refractivity contribution in [2.75, 3.05) is 14.2 Å². The molecule has 1 aliphatic rings. The number of likely N-dealkylation sites (N-methyl/N-ethyl adjacent to an activating group) is 1. The maximum absolute atomic E-state index is 12.5. The van der Waals surface area contributed by atoms with Crippen LogP contribution in [0.4, 0.5) is 5.69 Å². The third-order valence-corrected chi connectivity index (χ3v) is 4.44. The Labute approximate surface area is 154 Å². The van der Waals surface area contributed by atoms with Crippen molar-refractivity contribution in [3.8, 4) is 5.75 Å². The lowest BCUT2D eigenvalue weighted by molar-refractivity contribution is -0.384. The molecule has 0 bridgehead atoms. The van der Waals surface area contributed by atoms with Crippen LogP contribution in [0.3, 0.4) is 0 Å². The number of methoxy groups -OCH3 is 1. The third-order valence-electron chi connectivity index (χ3n) is 4.44. The van der Waals surface area contributed by atoms with E-state index in [0.29, 0.717) is 16.9 Å². The minimum absolute atomic E-state index is 0.117. The van der Waals surface area contributed by atoms with Gasteiger partial charge in [0.05, 0.1) is 23.6 Å². The lowest BCUT2D eigenvalue weighted by atomic mass is 9.95. The topological polar surface area (TPSA) is 110 Å². The van der Waals surface area contributed by atoms with E-state index in [9.17, 15) is 24.8 Å². The Morgan fingerprint density at radius 3 is 2.44 bits per heavy atom. The number of benzene rings is 2. The molecule has 0 aromatic heterocycles. The molecule has 1 N–H and O–H groups in total. The number of carbonyl (C=O) groups excluding carboxylic acids is 2. The molecule has 1 amide bonds. The van der Waals surface area contributed by atoms with Crippen LogP contribution in [0.2, 0.25) is 0 Å². The molecular weight excluding hydrogens is 352 g/mol. The van der Waals surface area contributed by atoms with Gasteiger partial charge in [-0.3, -0.25) is 19.7 Å². The van der Waals surface area contributed by atoms with Crippen LogP contribution in [0.15, 0.2) is 54.1 Å². The van der Waals surface area contributed by atoms with E-state index in [2.05, 4.69) is 0 Å². The number of amides is 1. The van der Waals surface area contributed by atoms with E-state index in [4.69, 9.17) is 4.74 Å². The van der Waals surface area contributed by atoms with Gasteiger partial charge in [0.1, 0.15) is 11.5 Å². The Morgan fingerprint density at radius 1 is 1.19 bits per heavy atom. The number of nitrogens with zero attached hydrogens (tertiary/aromatic N) is 2. The third kappa shape index (κ3) is 3.12. The highest BCUT2D eigenvalue weighted by Crippen LogP contribution is 2.39. The Hall–Kier alpha value is -3.68. The van der Waals surface area contributed by atoms with Gasteiger partial charge in [0.25, 0.3) is 17.4 Å². The summed E-state index contributed by atoms with van der Waals surface area (Å²) in [5.41, 5.74) is 0.405. The van der Waals surface area contributed by atoms with Crippen molar-refractivity contribution in [3.05, 3.63) is 75.3 Å². The first-order chi connectivity index (χ1) is 12.8. The Bertz CT molecular complexity index is 964. The SMILES string of the molecule is COc1ccc(C(O)=C2C(=O)C(=O)N(C)[C@@H]2c2cccc([N+](=O)[O-])c2)cc1. The Balaban J connectivity index is 2.15. The highest BCUT2D eigenvalue weighted by atomic mass is 16.6. The molecule has 2 aromatic carbocycles. The Kier molecular flexibility index (Phi) is 4.64. The van der Waals surface area contributed by atoms with Crippen molar-refractivity contribution in [2.45, 2.75) is 6.04 Å². The molecule has 1 fully saturated rings. The van der Waals surface area contributed by atoms with Gasteiger partial charge >= 0.3 is 0 Å². The molecule has 8 heteroatoms. The number of aliphatic hydroxyl groups excluding tert-OH is 1. The first-order valence-electron chi connectivity index (χ1n) is 7.98. The molecule has 1 saturated heterocycles. The smallest absolute Gasteiger partial charge is 0.295 e. The minimum atomic E-state index is -0.924. The maximum atomic E-state index is 12.5. The zero-order valence-electron chi connectivity index (χ0n) is 14.6.